The number of ether oxygens (including phenoxy) is 1. The quantitative estimate of drug-likeness (QED) is 0.922. The maximum atomic E-state index is 9.43. The lowest BCUT2D eigenvalue weighted by atomic mass is 9.85. The molecule has 2 fully saturated rings. The average Bonchev–Trinajstić information content (AvgIpc) is 3.02. The van der Waals surface area contributed by atoms with Gasteiger partial charge in [-0.3, -0.25) is 0 Å². The highest BCUT2D eigenvalue weighted by molar-refractivity contribution is 7.15. The molecule has 0 amide bonds. The molecule has 0 bridgehead atoms. The van der Waals surface area contributed by atoms with E-state index in [4.69, 9.17) is 9.72 Å². The molecule has 0 spiro atoms. The van der Waals surface area contributed by atoms with Crippen molar-refractivity contribution in [2.45, 2.75) is 51.4 Å². The van der Waals surface area contributed by atoms with E-state index in [0.717, 1.165) is 28.2 Å². The maximum Gasteiger partial charge on any atom is 0.186 e. The fraction of sp³-hybridized carbons (Fsp3) is 0.786. The number of fused-ring (bicyclic) bond motifs is 1. The van der Waals surface area contributed by atoms with Gasteiger partial charge in [0.1, 0.15) is 0 Å². The summed E-state index contributed by atoms with van der Waals surface area (Å²) in [5.41, 5.74) is 0.907. The molecular weight excluding hydrogens is 260 g/mol. The molecule has 1 aliphatic heterocycles. The summed E-state index contributed by atoms with van der Waals surface area (Å²) in [6.07, 6.45) is 6.73. The second-order valence-electron chi connectivity index (χ2n) is 5.55. The van der Waals surface area contributed by atoms with E-state index in [9.17, 15) is 5.11 Å². The number of aliphatic hydroxyl groups is 1. The molecule has 1 saturated heterocycles. The van der Waals surface area contributed by atoms with E-state index in [1.54, 1.807) is 18.4 Å². The zero-order valence-corrected chi connectivity index (χ0v) is 12.3. The molecule has 2 heterocycles. The third kappa shape index (κ3) is 2.51. The number of hydrogen-bond acceptors (Lipinski definition) is 5. The first-order chi connectivity index (χ1) is 9.33. The normalized spacial score (nSPS) is 26.7. The van der Waals surface area contributed by atoms with Crippen LogP contribution in [0, 0.1) is 5.92 Å². The second-order valence-corrected chi connectivity index (χ2v) is 6.61. The summed E-state index contributed by atoms with van der Waals surface area (Å²) < 4.78 is 5.17. The molecule has 0 radical (unpaired) electrons. The van der Waals surface area contributed by atoms with Crippen molar-refractivity contribution in [1.29, 1.82) is 0 Å². The van der Waals surface area contributed by atoms with Gasteiger partial charge in [0, 0.05) is 19.7 Å². The molecule has 2 unspecified atom stereocenters. The van der Waals surface area contributed by atoms with Crippen LogP contribution >= 0.6 is 11.3 Å². The Kier molecular flexibility index (Phi) is 4.05. The Morgan fingerprint density at radius 2 is 2.21 bits per heavy atom. The Hall–Kier alpha value is -0.650. The molecule has 1 aliphatic carbocycles. The molecule has 4 nitrogen and oxygen atoms in total. The van der Waals surface area contributed by atoms with Gasteiger partial charge in [0.15, 0.2) is 5.13 Å². The first kappa shape index (κ1) is 13.3. The van der Waals surface area contributed by atoms with Crippen molar-refractivity contribution in [2.24, 2.45) is 5.92 Å². The molecular formula is C14H22N2O2S. The monoisotopic (exact) mass is 282 g/mol. The summed E-state index contributed by atoms with van der Waals surface area (Å²) in [5, 5.41) is 10.5. The third-order valence-electron chi connectivity index (χ3n) is 4.45. The van der Waals surface area contributed by atoms with Crippen molar-refractivity contribution in [1.82, 2.24) is 4.98 Å². The van der Waals surface area contributed by atoms with Gasteiger partial charge in [-0.25, -0.2) is 4.98 Å². The minimum absolute atomic E-state index is 0.0678. The van der Waals surface area contributed by atoms with Crippen LogP contribution in [0.3, 0.4) is 0 Å². The summed E-state index contributed by atoms with van der Waals surface area (Å²) in [7, 11) is 1.67. The largest absolute Gasteiger partial charge is 0.391 e. The van der Waals surface area contributed by atoms with Crippen LogP contribution in [0.25, 0.3) is 0 Å². The molecule has 1 N–H and O–H groups in total. The molecule has 5 heteroatoms. The summed E-state index contributed by atoms with van der Waals surface area (Å²) in [6, 6.07) is 0.682. The van der Waals surface area contributed by atoms with Crippen LogP contribution in [0.2, 0.25) is 0 Å². The van der Waals surface area contributed by atoms with Gasteiger partial charge in [-0.15, -0.1) is 0 Å². The summed E-state index contributed by atoms with van der Waals surface area (Å²) in [6.45, 7) is 1.69. The van der Waals surface area contributed by atoms with Crippen LogP contribution in [0.4, 0.5) is 5.13 Å². The molecule has 106 valence electrons. The number of aromatic nitrogens is 1. The standard InChI is InChI=1S/C14H22N2O2S/c1-18-9-11-13(8-17)19-14(15-11)16-7-6-10-4-2-3-5-12(10)16/h10,12,17H,2-9H2,1H3. The van der Waals surface area contributed by atoms with Gasteiger partial charge >= 0.3 is 0 Å². The van der Waals surface area contributed by atoms with Crippen molar-refractivity contribution in [2.75, 3.05) is 18.6 Å². The second kappa shape index (κ2) is 5.77. The highest BCUT2D eigenvalue weighted by Gasteiger charge is 2.37. The van der Waals surface area contributed by atoms with E-state index in [0.29, 0.717) is 12.6 Å². The molecule has 3 rings (SSSR count). The van der Waals surface area contributed by atoms with Crippen LogP contribution in [0.1, 0.15) is 42.7 Å². The molecule has 1 aromatic heterocycles. The highest BCUT2D eigenvalue weighted by Crippen LogP contribution is 2.40. The Morgan fingerprint density at radius 1 is 1.37 bits per heavy atom. The molecule has 1 saturated carbocycles. The molecule has 19 heavy (non-hydrogen) atoms. The lowest BCUT2D eigenvalue weighted by Crippen LogP contribution is -2.34. The minimum Gasteiger partial charge on any atom is -0.391 e. The topological polar surface area (TPSA) is 45.6 Å². The Balaban J connectivity index is 1.81. The van der Waals surface area contributed by atoms with E-state index < -0.39 is 0 Å². The fourth-order valence-corrected chi connectivity index (χ4v) is 4.52. The Bertz CT molecular complexity index is 435. The average molecular weight is 282 g/mol. The van der Waals surface area contributed by atoms with Crippen LogP contribution in [-0.4, -0.2) is 29.8 Å². The smallest absolute Gasteiger partial charge is 0.186 e. The predicted octanol–water partition coefficient (Wildman–Crippen LogP) is 2.55. The van der Waals surface area contributed by atoms with E-state index in [-0.39, 0.29) is 6.61 Å². The Morgan fingerprint density at radius 3 is 3.00 bits per heavy atom. The summed E-state index contributed by atoms with van der Waals surface area (Å²) >= 11 is 1.64. The zero-order chi connectivity index (χ0) is 13.2. The summed E-state index contributed by atoms with van der Waals surface area (Å²) in [4.78, 5) is 8.14. The number of nitrogens with zero attached hydrogens (tertiary/aromatic N) is 2. The van der Waals surface area contributed by atoms with Crippen molar-refractivity contribution >= 4 is 16.5 Å². The van der Waals surface area contributed by atoms with E-state index >= 15 is 0 Å². The molecule has 1 aromatic rings. The number of aliphatic hydroxyl groups excluding tert-OH is 1. The van der Waals surface area contributed by atoms with Crippen LogP contribution in [0.5, 0.6) is 0 Å². The van der Waals surface area contributed by atoms with Gasteiger partial charge < -0.3 is 14.7 Å². The maximum absolute atomic E-state index is 9.43. The lowest BCUT2D eigenvalue weighted by Gasteiger charge is -2.31. The number of rotatable bonds is 4. The minimum atomic E-state index is 0.0678. The number of anilines is 1. The van der Waals surface area contributed by atoms with Gasteiger partial charge in [-0.1, -0.05) is 24.2 Å². The lowest BCUT2D eigenvalue weighted by molar-refractivity contribution is 0.179. The number of thiazole rings is 1. The van der Waals surface area contributed by atoms with Crippen molar-refractivity contribution in [3.8, 4) is 0 Å². The van der Waals surface area contributed by atoms with Crippen molar-refractivity contribution < 1.29 is 9.84 Å². The first-order valence-corrected chi connectivity index (χ1v) is 8.00. The number of methoxy groups -OCH3 is 1. The van der Waals surface area contributed by atoms with Gasteiger partial charge in [0.25, 0.3) is 0 Å². The zero-order valence-electron chi connectivity index (χ0n) is 11.5. The van der Waals surface area contributed by atoms with Gasteiger partial charge in [0.2, 0.25) is 0 Å². The number of hydrogen-bond donors (Lipinski definition) is 1. The molecule has 0 aromatic carbocycles. The molecule has 2 atom stereocenters. The van der Waals surface area contributed by atoms with Crippen LogP contribution in [-0.2, 0) is 18.0 Å². The molecule has 2 aliphatic rings. The van der Waals surface area contributed by atoms with Gasteiger partial charge in [-0.05, 0) is 25.2 Å². The Labute approximate surface area is 118 Å². The predicted molar refractivity (Wildman–Crippen MR) is 76.5 cm³/mol. The van der Waals surface area contributed by atoms with Crippen LogP contribution < -0.4 is 4.90 Å². The van der Waals surface area contributed by atoms with E-state index in [1.165, 1.54) is 32.1 Å². The first-order valence-electron chi connectivity index (χ1n) is 7.18. The van der Waals surface area contributed by atoms with Crippen LogP contribution in [0.15, 0.2) is 0 Å². The third-order valence-corrected chi connectivity index (χ3v) is 5.57. The van der Waals surface area contributed by atoms with E-state index in [1.807, 2.05) is 0 Å². The van der Waals surface area contributed by atoms with Gasteiger partial charge in [-0.2, -0.15) is 0 Å². The van der Waals surface area contributed by atoms with Crippen molar-refractivity contribution in [3.05, 3.63) is 10.6 Å². The highest BCUT2D eigenvalue weighted by atomic mass is 32.1. The fourth-order valence-electron chi connectivity index (χ4n) is 3.51. The van der Waals surface area contributed by atoms with Gasteiger partial charge in [0.05, 0.1) is 23.8 Å². The van der Waals surface area contributed by atoms with E-state index in [2.05, 4.69) is 4.90 Å². The van der Waals surface area contributed by atoms with Crippen molar-refractivity contribution in [3.63, 3.8) is 0 Å². The summed E-state index contributed by atoms with van der Waals surface area (Å²) in [5.74, 6) is 0.862. The SMILES string of the molecule is COCc1nc(N2CCC3CCCCC32)sc1CO.